The van der Waals surface area contributed by atoms with Gasteiger partial charge >= 0.3 is 6.09 Å². The van der Waals surface area contributed by atoms with Gasteiger partial charge in [0.05, 0.1) is 6.61 Å². The smallest absolute Gasteiger partial charge is 0.407 e. The number of nitrogens with one attached hydrogen (secondary N) is 1. The number of alkyl carbamates (subject to hydrolysis) is 1. The Labute approximate surface area is 159 Å². The molecule has 1 aromatic rings. The quantitative estimate of drug-likeness (QED) is 0.524. The number of hydrogen-bond donors (Lipinski definition) is 1. The van der Waals surface area contributed by atoms with Gasteiger partial charge in [0.1, 0.15) is 5.60 Å². The van der Waals surface area contributed by atoms with Gasteiger partial charge in [-0.15, -0.1) is 0 Å². The number of unbranched alkanes of at least 4 members (excludes halogenated alkanes) is 1. The van der Waals surface area contributed by atoms with Crippen molar-refractivity contribution in [3.8, 4) is 0 Å². The van der Waals surface area contributed by atoms with Crippen LogP contribution in [0.5, 0.6) is 0 Å². The summed E-state index contributed by atoms with van der Waals surface area (Å²) in [7, 11) is 0. The van der Waals surface area contributed by atoms with Crippen LogP contribution in [0, 0.1) is 11.8 Å². The lowest BCUT2D eigenvalue weighted by Gasteiger charge is -2.23. The van der Waals surface area contributed by atoms with Crippen LogP contribution in [0.1, 0.15) is 65.9 Å². The Bertz CT molecular complexity index is 494. The number of ether oxygens (including phenoxy) is 2. The van der Waals surface area contributed by atoms with Crippen molar-refractivity contribution in [3.63, 3.8) is 0 Å². The van der Waals surface area contributed by atoms with Gasteiger partial charge in [-0.05, 0) is 57.4 Å². The van der Waals surface area contributed by atoms with Crippen LogP contribution in [0.25, 0.3) is 0 Å². The van der Waals surface area contributed by atoms with E-state index in [9.17, 15) is 4.79 Å². The fourth-order valence-electron chi connectivity index (χ4n) is 2.91. The number of carbonyl (C=O) groups excluding carboxylic acids is 1. The molecule has 0 saturated heterocycles. The molecule has 0 heterocycles. The molecular formula is C22H37NO3. The summed E-state index contributed by atoms with van der Waals surface area (Å²) in [5.74, 6) is 1.10. The fraction of sp³-hybridized carbons (Fsp3) is 0.682. The van der Waals surface area contributed by atoms with Gasteiger partial charge in [0.25, 0.3) is 0 Å². The summed E-state index contributed by atoms with van der Waals surface area (Å²) in [4.78, 5) is 11.8. The third kappa shape index (κ3) is 11.9. The second-order valence-electron chi connectivity index (χ2n) is 8.41. The number of amides is 1. The average Bonchev–Trinajstić information content (AvgIpc) is 2.54. The standard InChI is InChI=1S/C22H37NO3/c1-18(2)15-20(16-23-21(24)26-22(3,4)5)13-9-10-14-25-17-19-11-7-6-8-12-19/h6-8,11-12,18,20H,9-10,13-17H2,1-5H3,(H,23,24)/t20-/m1/s1. The predicted octanol–water partition coefficient (Wildman–Crippen LogP) is 5.56. The first kappa shape index (κ1) is 22.5. The van der Waals surface area contributed by atoms with Gasteiger partial charge in [0.2, 0.25) is 0 Å². The van der Waals surface area contributed by atoms with E-state index in [0.717, 1.165) is 32.3 Å². The maximum Gasteiger partial charge on any atom is 0.407 e. The summed E-state index contributed by atoms with van der Waals surface area (Å²) in [6, 6.07) is 10.3. The van der Waals surface area contributed by atoms with E-state index in [1.54, 1.807) is 0 Å². The van der Waals surface area contributed by atoms with Gasteiger partial charge in [-0.2, -0.15) is 0 Å². The molecule has 1 rings (SSSR count). The molecule has 0 saturated carbocycles. The molecule has 0 aliphatic carbocycles. The molecule has 1 atom stereocenters. The normalized spacial score (nSPS) is 12.8. The van der Waals surface area contributed by atoms with Crippen LogP contribution in [0.4, 0.5) is 4.79 Å². The monoisotopic (exact) mass is 363 g/mol. The number of carbonyl (C=O) groups is 1. The van der Waals surface area contributed by atoms with Crippen molar-refractivity contribution in [2.45, 2.75) is 72.5 Å². The van der Waals surface area contributed by atoms with Crippen molar-refractivity contribution in [3.05, 3.63) is 35.9 Å². The highest BCUT2D eigenvalue weighted by Gasteiger charge is 2.18. The average molecular weight is 364 g/mol. The maximum absolute atomic E-state index is 11.8. The van der Waals surface area contributed by atoms with Crippen LogP contribution in [0.2, 0.25) is 0 Å². The van der Waals surface area contributed by atoms with E-state index >= 15 is 0 Å². The molecule has 1 aromatic carbocycles. The van der Waals surface area contributed by atoms with Crippen molar-refractivity contribution in [1.82, 2.24) is 5.32 Å². The van der Waals surface area contributed by atoms with E-state index in [1.165, 1.54) is 5.56 Å². The highest BCUT2D eigenvalue weighted by Crippen LogP contribution is 2.18. The van der Waals surface area contributed by atoms with Gasteiger partial charge in [-0.1, -0.05) is 50.6 Å². The Kier molecular flexibility index (Phi) is 10.3. The second-order valence-corrected chi connectivity index (χ2v) is 8.41. The minimum atomic E-state index is -0.451. The Morgan fingerprint density at radius 1 is 1.12 bits per heavy atom. The molecule has 0 bridgehead atoms. The summed E-state index contributed by atoms with van der Waals surface area (Å²) in [6.45, 7) is 12.2. The predicted molar refractivity (Wildman–Crippen MR) is 107 cm³/mol. The van der Waals surface area contributed by atoms with Crippen LogP contribution < -0.4 is 5.32 Å². The van der Waals surface area contributed by atoms with E-state index in [2.05, 4.69) is 31.3 Å². The minimum Gasteiger partial charge on any atom is -0.444 e. The van der Waals surface area contributed by atoms with Gasteiger partial charge < -0.3 is 14.8 Å². The van der Waals surface area contributed by atoms with E-state index in [4.69, 9.17) is 9.47 Å². The molecule has 0 fully saturated rings. The summed E-state index contributed by atoms with van der Waals surface area (Å²) < 4.78 is 11.1. The molecule has 4 heteroatoms. The van der Waals surface area contributed by atoms with Crippen molar-refractivity contribution in [2.24, 2.45) is 11.8 Å². The van der Waals surface area contributed by atoms with Crippen LogP contribution in [-0.4, -0.2) is 24.8 Å². The second kappa shape index (κ2) is 11.9. The first-order valence-electron chi connectivity index (χ1n) is 9.85. The lowest BCUT2D eigenvalue weighted by molar-refractivity contribution is 0.0515. The molecule has 1 N–H and O–H groups in total. The van der Waals surface area contributed by atoms with Crippen molar-refractivity contribution in [1.29, 1.82) is 0 Å². The zero-order valence-electron chi connectivity index (χ0n) is 17.2. The molecule has 26 heavy (non-hydrogen) atoms. The zero-order chi connectivity index (χ0) is 19.4. The highest BCUT2D eigenvalue weighted by molar-refractivity contribution is 5.67. The molecule has 0 aliphatic rings. The Morgan fingerprint density at radius 3 is 2.42 bits per heavy atom. The van der Waals surface area contributed by atoms with Crippen LogP contribution in [-0.2, 0) is 16.1 Å². The summed E-state index contributed by atoms with van der Waals surface area (Å²) in [5.41, 5.74) is 0.764. The molecule has 0 radical (unpaired) electrons. The van der Waals surface area contributed by atoms with Crippen LogP contribution in [0.3, 0.4) is 0 Å². The highest BCUT2D eigenvalue weighted by atomic mass is 16.6. The minimum absolute atomic E-state index is 0.322. The first-order chi connectivity index (χ1) is 12.3. The van der Waals surface area contributed by atoms with Crippen LogP contribution in [0.15, 0.2) is 30.3 Å². The summed E-state index contributed by atoms with van der Waals surface area (Å²) in [6.07, 6.45) is 4.05. The fourth-order valence-corrected chi connectivity index (χ4v) is 2.91. The SMILES string of the molecule is CC(C)C[C@@H](CCCCOCc1ccccc1)CNC(=O)OC(C)(C)C. The third-order valence-electron chi connectivity index (χ3n) is 4.00. The molecule has 0 unspecified atom stereocenters. The first-order valence-corrected chi connectivity index (χ1v) is 9.85. The summed E-state index contributed by atoms with van der Waals surface area (Å²) >= 11 is 0. The van der Waals surface area contributed by atoms with Crippen molar-refractivity contribution >= 4 is 6.09 Å². The van der Waals surface area contributed by atoms with E-state index in [0.29, 0.717) is 25.0 Å². The number of rotatable bonds is 11. The maximum atomic E-state index is 11.8. The Hall–Kier alpha value is -1.55. The molecule has 0 aromatic heterocycles. The third-order valence-corrected chi connectivity index (χ3v) is 4.00. The van der Waals surface area contributed by atoms with Gasteiger partial charge in [0, 0.05) is 13.2 Å². The molecule has 4 nitrogen and oxygen atoms in total. The van der Waals surface area contributed by atoms with Gasteiger partial charge in [0.15, 0.2) is 0 Å². The molecule has 0 spiro atoms. The molecule has 1 amide bonds. The molecule has 148 valence electrons. The lowest BCUT2D eigenvalue weighted by atomic mass is 9.92. The van der Waals surface area contributed by atoms with E-state index in [-0.39, 0.29) is 6.09 Å². The summed E-state index contributed by atoms with van der Waals surface area (Å²) in [5, 5.41) is 2.93. The lowest BCUT2D eigenvalue weighted by Crippen LogP contribution is -2.35. The molecular weight excluding hydrogens is 326 g/mol. The topological polar surface area (TPSA) is 47.6 Å². The van der Waals surface area contributed by atoms with Gasteiger partial charge in [-0.25, -0.2) is 4.79 Å². The van der Waals surface area contributed by atoms with E-state index < -0.39 is 5.60 Å². The van der Waals surface area contributed by atoms with Gasteiger partial charge in [-0.3, -0.25) is 0 Å². The van der Waals surface area contributed by atoms with Crippen LogP contribution >= 0.6 is 0 Å². The number of benzene rings is 1. The van der Waals surface area contributed by atoms with Crippen molar-refractivity contribution in [2.75, 3.05) is 13.2 Å². The number of hydrogen-bond acceptors (Lipinski definition) is 3. The van der Waals surface area contributed by atoms with Crippen molar-refractivity contribution < 1.29 is 14.3 Å². The van der Waals surface area contributed by atoms with E-state index in [1.807, 2.05) is 39.0 Å². The zero-order valence-corrected chi connectivity index (χ0v) is 17.2. The Balaban J connectivity index is 2.21. The largest absolute Gasteiger partial charge is 0.444 e. The molecule has 0 aliphatic heterocycles. The Morgan fingerprint density at radius 2 is 1.81 bits per heavy atom.